The van der Waals surface area contributed by atoms with Crippen molar-refractivity contribution >= 4 is 39.3 Å². The number of rotatable bonds is 3. The summed E-state index contributed by atoms with van der Waals surface area (Å²) >= 11 is 5.46. The molecule has 0 amide bonds. The summed E-state index contributed by atoms with van der Waals surface area (Å²) in [6, 6.07) is 8.70. The summed E-state index contributed by atoms with van der Waals surface area (Å²) in [5.41, 5.74) is 0. The Morgan fingerprint density at radius 1 is 1.17 bits per heavy atom. The minimum atomic E-state index is 0.986. The number of ether oxygens (including phenoxy) is 1. The molecular weight excluding hydrogens is 280 g/mol. The van der Waals surface area contributed by atoms with Crippen LogP contribution < -0.4 is 0 Å². The molecule has 3 heterocycles. The Balaban J connectivity index is 1.81. The van der Waals surface area contributed by atoms with Crippen molar-refractivity contribution < 1.29 is 4.74 Å². The molecule has 0 N–H and O–H groups in total. The van der Waals surface area contributed by atoms with Gasteiger partial charge in [-0.15, -0.1) is 22.7 Å². The van der Waals surface area contributed by atoms with Gasteiger partial charge in [0.05, 0.1) is 13.4 Å². The summed E-state index contributed by atoms with van der Waals surface area (Å²) in [7, 11) is 1.70. The van der Waals surface area contributed by atoms with Crippen LogP contribution >= 0.6 is 34.4 Å². The smallest absolute Gasteiger partial charge is 0.0926 e. The van der Waals surface area contributed by atoms with Crippen molar-refractivity contribution in [1.82, 2.24) is 0 Å². The maximum Gasteiger partial charge on any atom is 0.0926 e. The van der Waals surface area contributed by atoms with Crippen LogP contribution in [0.1, 0.15) is 11.3 Å². The Hall–Kier alpha value is -0.970. The molecule has 1 aliphatic heterocycles. The van der Waals surface area contributed by atoms with Gasteiger partial charge in [0.25, 0.3) is 0 Å². The van der Waals surface area contributed by atoms with Crippen LogP contribution in [0.15, 0.2) is 46.9 Å². The Morgan fingerprint density at radius 3 is 2.83 bits per heavy atom. The van der Waals surface area contributed by atoms with Crippen LogP contribution in [0, 0.1) is 0 Å². The van der Waals surface area contributed by atoms with Crippen LogP contribution in [-0.2, 0) is 4.74 Å². The SMILES string of the molecule is COC=C1CC=C(c2ccc(-c3cccs3)s2)S1. The zero-order valence-electron chi connectivity index (χ0n) is 9.88. The van der Waals surface area contributed by atoms with Crippen LogP contribution in [0.3, 0.4) is 0 Å². The van der Waals surface area contributed by atoms with E-state index < -0.39 is 0 Å². The van der Waals surface area contributed by atoms with E-state index in [4.69, 9.17) is 4.74 Å². The first-order valence-corrected chi connectivity index (χ1v) is 8.12. The van der Waals surface area contributed by atoms with Crippen molar-refractivity contribution in [2.45, 2.75) is 6.42 Å². The standard InChI is InChI=1S/C14H12OS3/c1-15-9-10-4-5-13(17-10)14-7-6-12(18-14)11-3-2-8-16-11/h2-3,5-9H,4H2,1H3. The first kappa shape index (κ1) is 12.1. The van der Waals surface area contributed by atoms with E-state index in [2.05, 4.69) is 35.7 Å². The zero-order chi connectivity index (χ0) is 12.4. The van der Waals surface area contributed by atoms with E-state index in [1.54, 1.807) is 18.4 Å². The summed E-state index contributed by atoms with van der Waals surface area (Å²) in [6.45, 7) is 0. The van der Waals surface area contributed by atoms with Crippen LogP contribution in [0.2, 0.25) is 0 Å². The summed E-state index contributed by atoms with van der Waals surface area (Å²) in [6.07, 6.45) is 5.10. The number of hydrogen-bond acceptors (Lipinski definition) is 4. The van der Waals surface area contributed by atoms with Crippen LogP contribution in [0.25, 0.3) is 14.7 Å². The van der Waals surface area contributed by atoms with Gasteiger partial charge < -0.3 is 4.74 Å². The second kappa shape index (κ2) is 5.34. The third-order valence-electron chi connectivity index (χ3n) is 2.59. The van der Waals surface area contributed by atoms with Gasteiger partial charge in [0.1, 0.15) is 0 Å². The highest BCUT2D eigenvalue weighted by molar-refractivity contribution is 8.12. The minimum absolute atomic E-state index is 0.986. The Kier molecular flexibility index (Phi) is 3.59. The average Bonchev–Trinajstić information content (AvgIpc) is 3.10. The lowest BCUT2D eigenvalue weighted by Gasteiger charge is -1.97. The molecular formula is C14H12OS3. The third kappa shape index (κ3) is 2.41. The molecule has 1 nitrogen and oxygen atoms in total. The summed E-state index contributed by atoms with van der Waals surface area (Å²) in [4.78, 5) is 6.68. The molecule has 0 aromatic carbocycles. The first-order chi connectivity index (χ1) is 8.86. The molecule has 2 aromatic rings. The quantitative estimate of drug-likeness (QED) is 0.696. The van der Waals surface area contributed by atoms with Gasteiger partial charge in [-0.25, -0.2) is 0 Å². The highest BCUT2D eigenvalue weighted by Crippen LogP contribution is 2.45. The van der Waals surface area contributed by atoms with Crippen molar-refractivity contribution in [2.75, 3.05) is 7.11 Å². The van der Waals surface area contributed by atoms with Gasteiger partial charge in [0.2, 0.25) is 0 Å². The monoisotopic (exact) mass is 292 g/mol. The molecule has 1 aliphatic rings. The van der Waals surface area contributed by atoms with Gasteiger partial charge >= 0.3 is 0 Å². The lowest BCUT2D eigenvalue weighted by molar-refractivity contribution is 0.336. The second-order valence-corrected chi connectivity index (χ2v) is 7.04. The Bertz CT molecular complexity index is 590. The van der Waals surface area contributed by atoms with Crippen LogP contribution in [0.5, 0.6) is 0 Å². The highest BCUT2D eigenvalue weighted by atomic mass is 32.2. The number of methoxy groups -OCH3 is 1. The van der Waals surface area contributed by atoms with E-state index in [0.717, 1.165) is 6.42 Å². The van der Waals surface area contributed by atoms with Crippen molar-refractivity contribution in [3.63, 3.8) is 0 Å². The van der Waals surface area contributed by atoms with E-state index in [9.17, 15) is 0 Å². The van der Waals surface area contributed by atoms with Crippen molar-refractivity contribution in [3.8, 4) is 9.75 Å². The normalized spacial score (nSPS) is 17.2. The van der Waals surface area contributed by atoms with Crippen molar-refractivity contribution in [3.05, 3.63) is 51.8 Å². The number of hydrogen-bond donors (Lipinski definition) is 0. The fourth-order valence-corrected chi connectivity index (χ4v) is 4.75. The van der Waals surface area contributed by atoms with Gasteiger partial charge in [-0.2, -0.15) is 0 Å². The molecule has 0 spiro atoms. The fourth-order valence-electron chi connectivity index (χ4n) is 1.79. The van der Waals surface area contributed by atoms with Crippen molar-refractivity contribution in [2.24, 2.45) is 0 Å². The fraction of sp³-hybridized carbons (Fsp3) is 0.143. The van der Waals surface area contributed by atoms with Gasteiger partial charge in [0, 0.05) is 30.9 Å². The highest BCUT2D eigenvalue weighted by Gasteiger charge is 2.15. The predicted molar refractivity (Wildman–Crippen MR) is 82.9 cm³/mol. The van der Waals surface area contributed by atoms with Crippen LogP contribution in [-0.4, -0.2) is 7.11 Å². The van der Waals surface area contributed by atoms with Gasteiger partial charge in [0.15, 0.2) is 0 Å². The van der Waals surface area contributed by atoms with E-state index in [-0.39, 0.29) is 0 Å². The molecule has 0 atom stereocenters. The Morgan fingerprint density at radius 2 is 2.06 bits per heavy atom. The third-order valence-corrected chi connectivity index (χ3v) is 6.04. The maximum atomic E-state index is 5.06. The lowest BCUT2D eigenvalue weighted by Crippen LogP contribution is -1.70. The number of thiophene rings is 2. The topological polar surface area (TPSA) is 9.23 Å². The van der Waals surface area contributed by atoms with E-state index >= 15 is 0 Å². The average molecular weight is 292 g/mol. The molecule has 0 radical (unpaired) electrons. The van der Waals surface area contributed by atoms with Gasteiger partial charge in [-0.3, -0.25) is 0 Å². The van der Waals surface area contributed by atoms with E-state index in [0.29, 0.717) is 0 Å². The number of allylic oxidation sites excluding steroid dienone is 2. The molecule has 0 saturated carbocycles. The minimum Gasteiger partial charge on any atom is -0.504 e. The molecule has 2 aromatic heterocycles. The molecule has 3 rings (SSSR count). The van der Waals surface area contributed by atoms with Crippen LogP contribution in [0.4, 0.5) is 0 Å². The summed E-state index contributed by atoms with van der Waals surface area (Å²) < 4.78 is 5.06. The first-order valence-electron chi connectivity index (χ1n) is 5.61. The predicted octanol–water partition coefficient (Wildman–Crippen LogP) is 5.44. The van der Waals surface area contributed by atoms with Crippen molar-refractivity contribution in [1.29, 1.82) is 0 Å². The second-order valence-electron chi connectivity index (χ2n) is 3.84. The molecule has 0 unspecified atom stereocenters. The van der Waals surface area contributed by atoms with Gasteiger partial charge in [-0.1, -0.05) is 23.9 Å². The van der Waals surface area contributed by atoms with E-state index in [1.807, 2.05) is 29.4 Å². The molecule has 18 heavy (non-hydrogen) atoms. The molecule has 0 aliphatic carbocycles. The zero-order valence-corrected chi connectivity index (χ0v) is 12.3. The maximum absolute atomic E-state index is 5.06. The summed E-state index contributed by atoms with van der Waals surface area (Å²) in [5, 5.41) is 2.12. The lowest BCUT2D eigenvalue weighted by atomic mass is 10.3. The molecule has 92 valence electrons. The number of thioether (sulfide) groups is 1. The Labute approximate surface area is 119 Å². The molecule has 4 heteroatoms. The van der Waals surface area contributed by atoms with Gasteiger partial charge in [-0.05, 0) is 23.6 Å². The summed E-state index contributed by atoms with van der Waals surface area (Å²) in [5.74, 6) is 0. The molecule has 0 saturated heterocycles. The van der Waals surface area contributed by atoms with E-state index in [1.165, 1.54) is 24.4 Å². The molecule has 0 fully saturated rings. The molecule has 0 bridgehead atoms. The largest absolute Gasteiger partial charge is 0.504 e.